The van der Waals surface area contributed by atoms with Gasteiger partial charge in [-0.05, 0) is 19.8 Å². The van der Waals surface area contributed by atoms with Gasteiger partial charge in [0, 0.05) is 18.5 Å². The second-order valence-corrected chi connectivity index (χ2v) is 3.33. The first kappa shape index (κ1) is 10.4. The quantitative estimate of drug-likeness (QED) is 0.627. The minimum atomic E-state index is -0.115. The Morgan fingerprint density at radius 1 is 1.38 bits per heavy atom. The summed E-state index contributed by atoms with van der Waals surface area (Å²) >= 11 is 0. The molecule has 0 bridgehead atoms. The predicted octanol–water partition coefficient (Wildman–Crippen LogP) is 2.41. The van der Waals surface area contributed by atoms with E-state index in [0.717, 1.165) is 13.0 Å². The number of amides is 1. The third-order valence-corrected chi connectivity index (χ3v) is 2.73. The standard InChI is InChI=1S/C8H13NO2.C2H6/c1-2-9-7(10)11-6-5-8(9)3-4-8;1-2/h2-6H2,1H3;1-2H3. The number of ether oxygens (including phenoxy) is 1. The van der Waals surface area contributed by atoms with E-state index in [-0.39, 0.29) is 11.6 Å². The van der Waals surface area contributed by atoms with Gasteiger partial charge in [-0.1, -0.05) is 13.8 Å². The average Bonchev–Trinajstić information content (AvgIpc) is 2.90. The smallest absolute Gasteiger partial charge is 0.410 e. The van der Waals surface area contributed by atoms with Gasteiger partial charge in [0.2, 0.25) is 0 Å². The van der Waals surface area contributed by atoms with Gasteiger partial charge < -0.3 is 9.64 Å². The van der Waals surface area contributed by atoms with Crippen LogP contribution in [0.4, 0.5) is 4.79 Å². The zero-order chi connectivity index (χ0) is 9.90. The lowest BCUT2D eigenvalue weighted by molar-refractivity contribution is 0.0381. The van der Waals surface area contributed by atoms with Crippen LogP contribution >= 0.6 is 0 Å². The van der Waals surface area contributed by atoms with Crippen LogP contribution < -0.4 is 0 Å². The monoisotopic (exact) mass is 185 g/mol. The van der Waals surface area contributed by atoms with Crippen LogP contribution in [0.2, 0.25) is 0 Å². The Hall–Kier alpha value is -0.730. The van der Waals surface area contributed by atoms with Gasteiger partial charge in [-0.15, -0.1) is 0 Å². The van der Waals surface area contributed by atoms with E-state index < -0.39 is 0 Å². The van der Waals surface area contributed by atoms with Crippen LogP contribution in [0.15, 0.2) is 0 Å². The lowest BCUT2D eigenvalue weighted by atomic mass is 10.1. The average molecular weight is 185 g/mol. The summed E-state index contributed by atoms with van der Waals surface area (Å²) in [5.74, 6) is 0. The highest BCUT2D eigenvalue weighted by Gasteiger charge is 2.52. The molecule has 3 heteroatoms. The van der Waals surface area contributed by atoms with E-state index in [1.54, 1.807) is 0 Å². The molecule has 1 saturated carbocycles. The molecule has 3 nitrogen and oxygen atoms in total. The highest BCUT2D eigenvalue weighted by Crippen LogP contribution is 2.46. The van der Waals surface area contributed by atoms with Gasteiger partial charge in [-0.2, -0.15) is 0 Å². The number of carbonyl (C=O) groups is 1. The summed E-state index contributed by atoms with van der Waals surface area (Å²) in [5.41, 5.74) is 0.226. The van der Waals surface area contributed by atoms with Crippen LogP contribution in [0.25, 0.3) is 0 Å². The fourth-order valence-electron chi connectivity index (χ4n) is 1.86. The second kappa shape index (κ2) is 3.99. The van der Waals surface area contributed by atoms with Crippen molar-refractivity contribution in [2.75, 3.05) is 13.2 Å². The third-order valence-electron chi connectivity index (χ3n) is 2.73. The van der Waals surface area contributed by atoms with E-state index in [9.17, 15) is 4.79 Å². The van der Waals surface area contributed by atoms with E-state index in [4.69, 9.17) is 4.74 Å². The molecule has 0 unspecified atom stereocenters. The molecule has 0 aromatic heterocycles. The lowest BCUT2D eigenvalue weighted by Crippen LogP contribution is -2.47. The fraction of sp³-hybridized carbons (Fsp3) is 0.900. The van der Waals surface area contributed by atoms with Crippen molar-refractivity contribution in [3.8, 4) is 0 Å². The summed E-state index contributed by atoms with van der Waals surface area (Å²) in [5, 5.41) is 0. The summed E-state index contributed by atoms with van der Waals surface area (Å²) in [6.07, 6.45) is 3.27. The Morgan fingerprint density at radius 2 is 2.00 bits per heavy atom. The highest BCUT2D eigenvalue weighted by molar-refractivity contribution is 5.70. The molecule has 0 atom stereocenters. The van der Waals surface area contributed by atoms with Gasteiger partial charge in [-0.3, -0.25) is 0 Å². The molecule has 1 aliphatic heterocycles. The van der Waals surface area contributed by atoms with Crippen LogP contribution in [-0.2, 0) is 4.74 Å². The van der Waals surface area contributed by atoms with Crippen molar-refractivity contribution in [2.24, 2.45) is 0 Å². The first-order valence-electron chi connectivity index (χ1n) is 5.23. The van der Waals surface area contributed by atoms with Crippen molar-refractivity contribution in [1.29, 1.82) is 0 Å². The van der Waals surface area contributed by atoms with Gasteiger partial charge in [0.05, 0.1) is 6.61 Å². The Balaban J connectivity index is 0.000000396. The van der Waals surface area contributed by atoms with E-state index >= 15 is 0 Å². The molecule has 1 saturated heterocycles. The number of cyclic esters (lactones) is 1. The molecule has 1 spiro atoms. The minimum absolute atomic E-state index is 0.115. The maximum Gasteiger partial charge on any atom is 0.410 e. The van der Waals surface area contributed by atoms with E-state index in [2.05, 4.69) is 0 Å². The van der Waals surface area contributed by atoms with Gasteiger partial charge >= 0.3 is 6.09 Å². The molecule has 76 valence electrons. The van der Waals surface area contributed by atoms with Crippen molar-refractivity contribution in [1.82, 2.24) is 4.90 Å². The Bertz CT molecular complexity index is 187. The van der Waals surface area contributed by atoms with Gasteiger partial charge in [0.15, 0.2) is 0 Å². The molecule has 0 aromatic carbocycles. The minimum Gasteiger partial charge on any atom is -0.449 e. The van der Waals surface area contributed by atoms with Crippen LogP contribution in [0.5, 0.6) is 0 Å². The number of hydrogen-bond acceptors (Lipinski definition) is 2. The molecule has 2 aliphatic rings. The van der Waals surface area contributed by atoms with Crippen molar-refractivity contribution in [3.05, 3.63) is 0 Å². The van der Waals surface area contributed by atoms with Crippen molar-refractivity contribution < 1.29 is 9.53 Å². The number of nitrogens with zero attached hydrogens (tertiary/aromatic N) is 1. The van der Waals surface area contributed by atoms with Gasteiger partial charge in [-0.25, -0.2) is 4.79 Å². The molecule has 1 heterocycles. The predicted molar refractivity (Wildman–Crippen MR) is 51.7 cm³/mol. The van der Waals surface area contributed by atoms with Crippen molar-refractivity contribution >= 4 is 6.09 Å². The topological polar surface area (TPSA) is 29.5 Å². The first-order valence-corrected chi connectivity index (χ1v) is 5.23. The van der Waals surface area contributed by atoms with E-state index in [1.165, 1.54) is 12.8 Å². The van der Waals surface area contributed by atoms with Crippen LogP contribution in [-0.4, -0.2) is 29.7 Å². The number of carbonyl (C=O) groups excluding carboxylic acids is 1. The van der Waals surface area contributed by atoms with E-state index in [0.29, 0.717) is 6.61 Å². The zero-order valence-electron chi connectivity index (χ0n) is 8.80. The molecule has 0 N–H and O–H groups in total. The molecule has 1 aliphatic carbocycles. The molecule has 2 rings (SSSR count). The summed E-state index contributed by atoms with van der Waals surface area (Å²) in [4.78, 5) is 13.1. The van der Waals surface area contributed by atoms with Crippen molar-refractivity contribution in [3.63, 3.8) is 0 Å². The Morgan fingerprint density at radius 3 is 2.38 bits per heavy atom. The maximum atomic E-state index is 11.2. The van der Waals surface area contributed by atoms with E-state index in [1.807, 2.05) is 25.7 Å². The Kier molecular flexibility index (Phi) is 3.17. The normalized spacial score (nSPS) is 23.3. The maximum absolute atomic E-state index is 11.2. The third kappa shape index (κ3) is 1.79. The lowest BCUT2D eigenvalue weighted by Gasteiger charge is -2.34. The van der Waals surface area contributed by atoms with Gasteiger partial charge in [0.25, 0.3) is 0 Å². The SMILES string of the molecule is CC.CCN1C(=O)OCCC12CC2. The molecular weight excluding hydrogens is 166 g/mol. The number of rotatable bonds is 1. The summed E-state index contributed by atoms with van der Waals surface area (Å²) in [6.45, 7) is 7.42. The first-order chi connectivity index (χ1) is 6.28. The summed E-state index contributed by atoms with van der Waals surface area (Å²) < 4.78 is 4.94. The van der Waals surface area contributed by atoms with Gasteiger partial charge in [0.1, 0.15) is 0 Å². The largest absolute Gasteiger partial charge is 0.449 e. The Labute approximate surface area is 80.1 Å². The van der Waals surface area contributed by atoms with Crippen LogP contribution in [0, 0.1) is 0 Å². The van der Waals surface area contributed by atoms with Crippen LogP contribution in [0.1, 0.15) is 40.0 Å². The van der Waals surface area contributed by atoms with Crippen LogP contribution in [0.3, 0.4) is 0 Å². The zero-order valence-corrected chi connectivity index (χ0v) is 8.80. The highest BCUT2D eigenvalue weighted by atomic mass is 16.6. The molecule has 13 heavy (non-hydrogen) atoms. The molecular formula is C10H19NO2. The molecule has 2 fully saturated rings. The second-order valence-electron chi connectivity index (χ2n) is 3.33. The molecule has 0 radical (unpaired) electrons. The summed E-state index contributed by atoms with van der Waals surface area (Å²) in [7, 11) is 0. The molecule has 1 amide bonds. The van der Waals surface area contributed by atoms with Crippen molar-refractivity contribution in [2.45, 2.75) is 45.6 Å². The summed E-state index contributed by atoms with van der Waals surface area (Å²) in [6, 6.07) is 0. The fourth-order valence-corrected chi connectivity index (χ4v) is 1.86. The number of hydrogen-bond donors (Lipinski definition) is 0. The molecule has 0 aromatic rings.